The number of carbonyl (C=O) groups is 1. The highest BCUT2D eigenvalue weighted by Crippen LogP contribution is 2.28. The van der Waals surface area contributed by atoms with E-state index in [-0.39, 0.29) is 35.7 Å². The predicted octanol–water partition coefficient (Wildman–Crippen LogP) is 1.33. The summed E-state index contributed by atoms with van der Waals surface area (Å²) in [6.45, 7) is 5.95. The van der Waals surface area contributed by atoms with Crippen LogP contribution in [0.4, 0.5) is 0 Å². The molecule has 24 heavy (non-hydrogen) atoms. The Kier molecular flexibility index (Phi) is 7.48. The SMILES string of the molecule is COc1ccc(C2NNCC2C(=O)N(C)CC(C)(C)CN)cc1.Cl. The highest BCUT2D eigenvalue weighted by atomic mass is 35.5. The van der Waals surface area contributed by atoms with E-state index in [2.05, 4.69) is 24.7 Å². The quantitative estimate of drug-likeness (QED) is 0.716. The molecule has 0 saturated carbocycles. The van der Waals surface area contributed by atoms with Crippen LogP contribution in [-0.4, -0.2) is 44.6 Å². The zero-order valence-corrected chi connectivity index (χ0v) is 15.7. The van der Waals surface area contributed by atoms with Crippen LogP contribution in [0.3, 0.4) is 0 Å². The number of nitrogens with zero attached hydrogens (tertiary/aromatic N) is 1. The zero-order chi connectivity index (χ0) is 17.0. The molecule has 0 bridgehead atoms. The molecule has 1 aromatic carbocycles. The van der Waals surface area contributed by atoms with Crippen LogP contribution in [0, 0.1) is 11.3 Å². The Labute approximate surface area is 150 Å². The van der Waals surface area contributed by atoms with Crippen molar-refractivity contribution in [2.75, 3.05) is 33.8 Å². The van der Waals surface area contributed by atoms with Crippen molar-refractivity contribution in [2.45, 2.75) is 19.9 Å². The van der Waals surface area contributed by atoms with E-state index in [0.717, 1.165) is 11.3 Å². The van der Waals surface area contributed by atoms with Crippen LogP contribution in [0.1, 0.15) is 25.5 Å². The average Bonchev–Trinajstić information content (AvgIpc) is 3.03. The third-order valence-corrected chi connectivity index (χ3v) is 4.37. The molecule has 2 rings (SSSR count). The molecule has 1 aliphatic rings. The molecule has 2 atom stereocenters. The van der Waals surface area contributed by atoms with Gasteiger partial charge in [0.1, 0.15) is 5.75 Å². The second-order valence-corrected chi connectivity index (χ2v) is 6.95. The van der Waals surface area contributed by atoms with Gasteiger partial charge < -0.3 is 15.4 Å². The van der Waals surface area contributed by atoms with Gasteiger partial charge in [0.25, 0.3) is 0 Å². The summed E-state index contributed by atoms with van der Waals surface area (Å²) in [5.41, 5.74) is 13.1. The Morgan fingerprint density at radius 3 is 2.54 bits per heavy atom. The predicted molar refractivity (Wildman–Crippen MR) is 98.1 cm³/mol. The summed E-state index contributed by atoms with van der Waals surface area (Å²) in [6.07, 6.45) is 0. The highest BCUT2D eigenvalue weighted by molar-refractivity contribution is 5.85. The molecule has 2 unspecified atom stereocenters. The molecule has 136 valence electrons. The summed E-state index contributed by atoms with van der Waals surface area (Å²) in [5.74, 6) is 0.802. The minimum Gasteiger partial charge on any atom is -0.497 e. The highest BCUT2D eigenvalue weighted by Gasteiger charge is 2.36. The van der Waals surface area contributed by atoms with Gasteiger partial charge in [-0.3, -0.25) is 10.2 Å². The lowest BCUT2D eigenvalue weighted by molar-refractivity contribution is -0.135. The van der Waals surface area contributed by atoms with E-state index in [9.17, 15) is 4.79 Å². The summed E-state index contributed by atoms with van der Waals surface area (Å²) in [4.78, 5) is 14.6. The van der Waals surface area contributed by atoms with Gasteiger partial charge in [0.2, 0.25) is 5.91 Å². The molecule has 0 aliphatic carbocycles. The molecule has 1 saturated heterocycles. The minimum atomic E-state index is -0.137. The van der Waals surface area contributed by atoms with Crippen LogP contribution in [-0.2, 0) is 4.79 Å². The van der Waals surface area contributed by atoms with Crippen molar-refractivity contribution in [3.8, 4) is 5.75 Å². The first-order valence-electron chi connectivity index (χ1n) is 7.95. The van der Waals surface area contributed by atoms with Crippen LogP contribution >= 0.6 is 12.4 Å². The average molecular weight is 357 g/mol. The van der Waals surface area contributed by atoms with Crippen LogP contribution < -0.4 is 21.3 Å². The molecular weight excluding hydrogens is 328 g/mol. The summed E-state index contributed by atoms with van der Waals surface area (Å²) < 4.78 is 5.19. The second-order valence-electron chi connectivity index (χ2n) is 6.95. The number of hydrogen-bond acceptors (Lipinski definition) is 5. The van der Waals surface area contributed by atoms with Gasteiger partial charge >= 0.3 is 0 Å². The number of ether oxygens (including phenoxy) is 1. The fourth-order valence-corrected chi connectivity index (χ4v) is 2.92. The molecule has 1 heterocycles. The van der Waals surface area contributed by atoms with Crippen LogP contribution in [0.15, 0.2) is 24.3 Å². The molecule has 0 aromatic heterocycles. The van der Waals surface area contributed by atoms with Crippen molar-refractivity contribution in [2.24, 2.45) is 17.1 Å². The van der Waals surface area contributed by atoms with Crippen LogP contribution in [0.5, 0.6) is 5.75 Å². The molecule has 7 heteroatoms. The molecule has 1 aliphatic heterocycles. The zero-order valence-electron chi connectivity index (χ0n) is 14.8. The van der Waals surface area contributed by atoms with E-state index in [1.54, 1.807) is 12.0 Å². The van der Waals surface area contributed by atoms with Crippen LogP contribution in [0.2, 0.25) is 0 Å². The number of hydrogen-bond donors (Lipinski definition) is 3. The maximum Gasteiger partial charge on any atom is 0.228 e. The topological polar surface area (TPSA) is 79.6 Å². The monoisotopic (exact) mass is 356 g/mol. The Hall–Kier alpha value is -1.34. The molecule has 1 amide bonds. The third-order valence-electron chi connectivity index (χ3n) is 4.37. The first-order chi connectivity index (χ1) is 10.9. The van der Waals surface area contributed by atoms with E-state index in [0.29, 0.717) is 19.6 Å². The normalized spacial score (nSPS) is 20.4. The van der Waals surface area contributed by atoms with Gasteiger partial charge in [-0.15, -0.1) is 12.4 Å². The van der Waals surface area contributed by atoms with Gasteiger partial charge in [0.05, 0.1) is 19.1 Å². The standard InChI is InChI=1S/C17H28N4O2.ClH/c1-17(2,10-18)11-21(3)16(22)14-9-19-20-15(14)12-5-7-13(23-4)8-6-12;/h5-8,14-15,19-20H,9-11,18H2,1-4H3;1H. The lowest BCUT2D eigenvalue weighted by atomic mass is 9.90. The van der Waals surface area contributed by atoms with Gasteiger partial charge in [0, 0.05) is 20.1 Å². The number of nitrogens with two attached hydrogens (primary N) is 1. The van der Waals surface area contributed by atoms with Crippen molar-refractivity contribution in [3.05, 3.63) is 29.8 Å². The molecule has 4 N–H and O–H groups in total. The lowest BCUT2D eigenvalue weighted by Crippen LogP contribution is -2.43. The van der Waals surface area contributed by atoms with E-state index in [1.807, 2.05) is 31.3 Å². The number of halogens is 1. The van der Waals surface area contributed by atoms with E-state index < -0.39 is 0 Å². The first-order valence-corrected chi connectivity index (χ1v) is 7.95. The number of nitrogens with one attached hydrogen (secondary N) is 2. The minimum absolute atomic E-state index is 0. The molecular formula is C17H29ClN4O2. The van der Waals surface area contributed by atoms with Gasteiger partial charge in [-0.05, 0) is 29.7 Å². The van der Waals surface area contributed by atoms with Crippen LogP contribution in [0.25, 0.3) is 0 Å². The molecule has 0 spiro atoms. The van der Waals surface area contributed by atoms with Gasteiger partial charge in [-0.2, -0.15) is 0 Å². The number of amides is 1. The number of hydrazine groups is 1. The van der Waals surface area contributed by atoms with E-state index in [1.165, 1.54) is 0 Å². The molecule has 0 radical (unpaired) electrons. The Morgan fingerprint density at radius 1 is 1.38 bits per heavy atom. The van der Waals surface area contributed by atoms with Gasteiger partial charge in [0.15, 0.2) is 0 Å². The third kappa shape index (κ3) is 4.83. The molecule has 1 fully saturated rings. The molecule has 1 aromatic rings. The Balaban J connectivity index is 0.00000288. The number of benzene rings is 1. The maximum absolute atomic E-state index is 12.8. The number of methoxy groups -OCH3 is 1. The van der Waals surface area contributed by atoms with Crippen molar-refractivity contribution in [3.63, 3.8) is 0 Å². The Morgan fingerprint density at radius 2 is 2.00 bits per heavy atom. The Bertz CT molecular complexity index is 536. The van der Waals surface area contributed by atoms with Gasteiger partial charge in [-0.25, -0.2) is 5.43 Å². The van der Waals surface area contributed by atoms with Crippen molar-refractivity contribution >= 4 is 18.3 Å². The smallest absolute Gasteiger partial charge is 0.228 e. The van der Waals surface area contributed by atoms with Crippen molar-refractivity contribution in [1.29, 1.82) is 0 Å². The van der Waals surface area contributed by atoms with Crippen molar-refractivity contribution < 1.29 is 9.53 Å². The van der Waals surface area contributed by atoms with Gasteiger partial charge in [-0.1, -0.05) is 26.0 Å². The molecule has 6 nitrogen and oxygen atoms in total. The largest absolute Gasteiger partial charge is 0.497 e. The summed E-state index contributed by atoms with van der Waals surface area (Å²) in [5, 5.41) is 0. The lowest BCUT2D eigenvalue weighted by Gasteiger charge is -2.31. The fraction of sp³-hybridized carbons (Fsp3) is 0.588. The van der Waals surface area contributed by atoms with E-state index >= 15 is 0 Å². The summed E-state index contributed by atoms with van der Waals surface area (Å²) >= 11 is 0. The fourth-order valence-electron chi connectivity index (χ4n) is 2.92. The second kappa shape index (κ2) is 8.67. The number of rotatable bonds is 6. The summed E-state index contributed by atoms with van der Waals surface area (Å²) in [6, 6.07) is 7.77. The number of carbonyl (C=O) groups excluding carboxylic acids is 1. The maximum atomic E-state index is 12.8. The first kappa shape index (κ1) is 20.7. The van der Waals surface area contributed by atoms with E-state index in [4.69, 9.17) is 10.5 Å². The summed E-state index contributed by atoms with van der Waals surface area (Å²) in [7, 11) is 3.49. The van der Waals surface area contributed by atoms with Crippen molar-refractivity contribution in [1.82, 2.24) is 15.8 Å².